The van der Waals surface area contributed by atoms with Crippen molar-refractivity contribution in [1.82, 2.24) is 0 Å². The smallest absolute Gasteiger partial charge is 0.0635 e. The molecule has 42 valence electrons. The van der Waals surface area contributed by atoms with E-state index in [9.17, 15) is 0 Å². The summed E-state index contributed by atoms with van der Waals surface area (Å²) in [4.78, 5) is 0. The molecule has 2 atom stereocenters. The van der Waals surface area contributed by atoms with E-state index in [-0.39, 0.29) is 5.41 Å². The predicted octanol–water partition coefficient (Wildman–Crippen LogP) is 0.656. The summed E-state index contributed by atoms with van der Waals surface area (Å²) in [7, 11) is 0. The average molecular weight is 108 g/mol. The van der Waals surface area contributed by atoms with E-state index in [4.69, 9.17) is 11.2 Å². The lowest BCUT2D eigenvalue weighted by molar-refractivity contribution is 0.157. The fourth-order valence-electron chi connectivity index (χ4n) is 1.38. The number of fused-ring (bicyclic) bond motifs is 1. The molecule has 1 aliphatic carbocycles. The van der Waals surface area contributed by atoms with E-state index in [1.54, 1.807) is 0 Å². The van der Waals surface area contributed by atoms with Gasteiger partial charge in [-0.05, 0) is 6.42 Å². The van der Waals surface area contributed by atoms with E-state index in [1.165, 1.54) is 6.42 Å². The Hall–Kier alpha value is -0.480. The molecule has 0 aromatic heterocycles. The van der Waals surface area contributed by atoms with Crippen LogP contribution in [0.3, 0.4) is 0 Å². The highest BCUT2D eigenvalue weighted by Gasteiger charge is 2.57. The van der Waals surface area contributed by atoms with Gasteiger partial charge < -0.3 is 4.74 Å². The lowest BCUT2D eigenvalue weighted by Crippen LogP contribution is -1.99. The van der Waals surface area contributed by atoms with E-state index in [2.05, 4.69) is 5.92 Å². The summed E-state index contributed by atoms with van der Waals surface area (Å²) in [6, 6.07) is 0. The first-order chi connectivity index (χ1) is 3.87. The van der Waals surface area contributed by atoms with Crippen LogP contribution in [0, 0.1) is 23.7 Å². The first kappa shape index (κ1) is 4.40. The molecule has 1 saturated carbocycles. The molecule has 1 nitrogen and oxygen atoms in total. The zero-order valence-corrected chi connectivity index (χ0v) is 4.68. The van der Waals surface area contributed by atoms with Crippen LogP contribution in [-0.4, -0.2) is 13.2 Å². The summed E-state index contributed by atoms with van der Waals surface area (Å²) in [6.07, 6.45) is 6.49. The Morgan fingerprint density at radius 1 is 1.75 bits per heavy atom. The van der Waals surface area contributed by atoms with Gasteiger partial charge >= 0.3 is 0 Å². The highest BCUT2D eigenvalue weighted by Crippen LogP contribution is 2.56. The molecule has 0 unspecified atom stereocenters. The average Bonchev–Trinajstić information content (AvgIpc) is 2.38. The minimum atomic E-state index is 0.208. The van der Waals surface area contributed by atoms with Crippen molar-refractivity contribution in [2.75, 3.05) is 13.2 Å². The molecule has 2 fully saturated rings. The van der Waals surface area contributed by atoms with Gasteiger partial charge in [0.2, 0.25) is 0 Å². The molecule has 0 aromatic carbocycles. The van der Waals surface area contributed by atoms with E-state index in [0.717, 1.165) is 13.2 Å². The van der Waals surface area contributed by atoms with Crippen molar-refractivity contribution >= 4 is 0 Å². The standard InChI is InChI=1S/C7H8O/c1-2-7-3-6(7)4-8-5-7/h1,6H,3-5H2/t6-,7+/m1/s1. The van der Waals surface area contributed by atoms with Gasteiger partial charge in [0.1, 0.15) is 0 Å². The van der Waals surface area contributed by atoms with Crippen LogP contribution in [0.2, 0.25) is 0 Å². The summed E-state index contributed by atoms with van der Waals surface area (Å²) >= 11 is 0. The second-order valence-electron chi connectivity index (χ2n) is 2.72. The van der Waals surface area contributed by atoms with Crippen LogP contribution in [0.15, 0.2) is 0 Å². The first-order valence-corrected chi connectivity index (χ1v) is 2.93. The molecule has 1 aliphatic heterocycles. The molecule has 0 aromatic rings. The van der Waals surface area contributed by atoms with Crippen LogP contribution in [-0.2, 0) is 4.74 Å². The van der Waals surface area contributed by atoms with Crippen LogP contribution in [0.4, 0.5) is 0 Å². The van der Waals surface area contributed by atoms with Crippen LogP contribution in [0.5, 0.6) is 0 Å². The molecule has 2 rings (SSSR count). The van der Waals surface area contributed by atoms with Crippen LogP contribution in [0.25, 0.3) is 0 Å². The van der Waals surface area contributed by atoms with Crippen molar-refractivity contribution in [3.05, 3.63) is 0 Å². The van der Waals surface area contributed by atoms with E-state index in [1.807, 2.05) is 0 Å². The van der Waals surface area contributed by atoms with Gasteiger partial charge in [0.05, 0.1) is 18.6 Å². The lowest BCUT2D eigenvalue weighted by Gasteiger charge is -1.96. The van der Waals surface area contributed by atoms with Gasteiger partial charge in [0, 0.05) is 5.92 Å². The van der Waals surface area contributed by atoms with E-state index >= 15 is 0 Å². The summed E-state index contributed by atoms with van der Waals surface area (Å²) < 4.78 is 5.16. The predicted molar refractivity (Wildman–Crippen MR) is 30.2 cm³/mol. The van der Waals surface area contributed by atoms with E-state index in [0.29, 0.717) is 5.92 Å². The van der Waals surface area contributed by atoms with Crippen molar-refractivity contribution in [3.8, 4) is 12.3 Å². The number of hydrogen-bond donors (Lipinski definition) is 0. The SMILES string of the molecule is C#C[C@]12COC[C@H]1C2. The highest BCUT2D eigenvalue weighted by atomic mass is 16.5. The van der Waals surface area contributed by atoms with Crippen LogP contribution < -0.4 is 0 Å². The third-order valence-corrected chi connectivity index (χ3v) is 2.20. The number of hydrogen-bond acceptors (Lipinski definition) is 1. The summed E-state index contributed by atoms with van der Waals surface area (Å²) in [5, 5.41) is 0. The largest absolute Gasteiger partial charge is 0.380 e. The Kier molecular flexibility index (Phi) is 0.598. The Bertz CT molecular complexity index is 156. The zero-order chi connectivity index (χ0) is 5.61. The van der Waals surface area contributed by atoms with E-state index < -0.39 is 0 Å². The molecule has 1 heterocycles. The molecule has 0 radical (unpaired) electrons. The van der Waals surface area contributed by atoms with Crippen molar-refractivity contribution in [2.45, 2.75) is 6.42 Å². The highest BCUT2D eigenvalue weighted by molar-refractivity contribution is 5.22. The van der Waals surface area contributed by atoms with Gasteiger partial charge in [-0.25, -0.2) is 0 Å². The fraction of sp³-hybridized carbons (Fsp3) is 0.714. The lowest BCUT2D eigenvalue weighted by atomic mass is 10.1. The molecule has 1 saturated heterocycles. The maximum absolute atomic E-state index is 5.28. The maximum Gasteiger partial charge on any atom is 0.0635 e. The van der Waals surface area contributed by atoms with Gasteiger partial charge in [-0.1, -0.05) is 5.92 Å². The summed E-state index contributed by atoms with van der Waals surface area (Å²) in [6.45, 7) is 1.72. The van der Waals surface area contributed by atoms with Crippen molar-refractivity contribution < 1.29 is 4.74 Å². The Morgan fingerprint density at radius 3 is 2.88 bits per heavy atom. The summed E-state index contributed by atoms with van der Waals surface area (Å²) in [5.41, 5.74) is 0.208. The van der Waals surface area contributed by atoms with Crippen LogP contribution in [0.1, 0.15) is 6.42 Å². The van der Waals surface area contributed by atoms with Gasteiger partial charge in [0.25, 0.3) is 0 Å². The van der Waals surface area contributed by atoms with Gasteiger partial charge in [-0.15, -0.1) is 6.42 Å². The Balaban J connectivity index is 2.22. The number of ether oxygens (including phenoxy) is 1. The molecular weight excluding hydrogens is 100 g/mol. The molecule has 2 aliphatic rings. The molecule has 0 spiro atoms. The van der Waals surface area contributed by atoms with Crippen molar-refractivity contribution in [3.63, 3.8) is 0 Å². The van der Waals surface area contributed by atoms with Gasteiger partial charge in [-0.3, -0.25) is 0 Å². The molecule has 0 N–H and O–H groups in total. The molecule has 0 bridgehead atoms. The monoisotopic (exact) mass is 108 g/mol. The minimum Gasteiger partial charge on any atom is -0.380 e. The zero-order valence-electron chi connectivity index (χ0n) is 4.68. The molecule has 1 heteroatoms. The Morgan fingerprint density at radius 2 is 2.62 bits per heavy atom. The number of rotatable bonds is 0. The summed E-state index contributed by atoms with van der Waals surface area (Å²) in [5.74, 6) is 3.50. The van der Waals surface area contributed by atoms with Gasteiger partial charge in [0.15, 0.2) is 0 Å². The van der Waals surface area contributed by atoms with Gasteiger partial charge in [-0.2, -0.15) is 0 Å². The third kappa shape index (κ3) is 0.329. The van der Waals surface area contributed by atoms with Crippen LogP contribution >= 0.6 is 0 Å². The maximum atomic E-state index is 5.28. The quantitative estimate of drug-likeness (QED) is 0.414. The first-order valence-electron chi connectivity index (χ1n) is 2.93. The molecule has 8 heavy (non-hydrogen) atoms. The van der Waals surface area contributed by atoms with Crippen molar-refractivity contribution in [1.29, 1.82) is 0 Å². The molecular formula is C7H8O. The Labute approximate surface area is 49.0 Å². The normalized spacial score (nSPS) is 50.1. The fourth-order valence-corrected chi connectivity index (χ4v) is 1.38. The number of terminal acetylenes is 1. The molecule has 0 amide bonds. The minimum absolute atomic E-state index is 0.208. The third-order valence-electron chi connectivity index (χ3n) is 2.20. The second kappa shape index (κ2) is 1.09. The van der Waals surface area contributed by atoms with Crippen molar-refractivity contribution in [2.24, 2.45) is 11.3 Å². The second-order valence-corrected chi connectivity index (χ2v) is 2.72. The topological polar surface area (TPSA) is 9.23 Å².